The predicted octanol–water partition coefficient (Wildman–Crippen LogP) is 0.503. The maximum absolute atomic E-state index is 12.0. The fourth-order valence-corrected chi connectivity index (χ4v) is 4.71. The van der Waals surface area contributed by atoms with Gasteiger partial charge in [0, 0.05) is 18.0 Å². The van der Waals surface area contributed by atoms with Gasteiger partial charge in [0.15, 0.2) is 0 Å². The summed E-state index contributed by atoms with van der Waals surface area (Å²) in [7, 11) is 0.703. The van der Waals surface area contributed by atoms with Crippen molar-refractivity contribution in [3.05, 3.63) is 22.4 Å². The van der Waals surface area contributed by atoms with Crippen molar-refractivity contribution in [2.45, 2.75) is 12.5 Å². The zero-order chi connectivity index (χ0) is 15.5. The van der Waals surface area contributed by atoms with Crippen LogP contribution < -0.4 is 5.32 Å². The number of rotatable bonds is 6. The Morgan fingerprint density at radius 3 is 2.81 bits per heavy atom. The molecule has 6 nitrogen and oxygen atoms in total. The van der Waals surface area contributed by atoms with E-state index in [-0.39, 0.29) is 24.2 Å². The van der Waals surface area contributed by atoms with Crippen LogP contribution in [-0.2, 0) is 14.8 Å². The summed E-state index contributed by atoms with van der Waals surface area (Å²) >= 11 is 1.64. The minimum absolute atomic E-state index is 0.0765. The highest BCUT2D eigenvalue weighted by atomic mass is 32.2. The lowest BCUT2D eigenvalue weighted by Gasteiger charge is -2.24. The van der Waals surface area contributed by atoms with Gasteiger partial charge in [-0.25, -0.2) is 8.42 Å². The number of thiophene rings is 1. The molecule has 21 heavy (non-hydrogen) atoms. The summed E-state index contributed by atoms with van der Waals surface area (Å²) in [5, 5.41) is 4.84. The molecule has 0 radical (unpaired) electrons. The number of carbonyl (C=O) groups excluding carboxylic acids is 1. The first-order valence-electron chi connectivity index (χ1n) is 6.84. The maximum atomic E-state index is 12.0. The number of nitrogens with one attached hydrogen (secondary N) is 1. The van der Waals surface area contributed by atoms with Crippen LogP contribution in [0.15, 0.2) is 17.5 Å². The van der Waals surface area contributed by atoms with Crippen LogP contribution in [-0.4, -0.2) is 63.0 Å². The second-order valence-corrected chi connectivity index (χ2v) is 8.37. The fourth-order valence-electron chi connectivity index (χ4n) is 2.31. The molecule has 2 heterocycles. The van der Waals surface area contributed by atoms with Gasteiger partial charge in [-0.3, -0.25) is 4.79 Å². The Bertz CT molecular complexity index is 569. The van der Waals surface area contributed by atoms with Crippen LogP contribution in [0.4, 0.5) is 0 Å². The minimum atomic E-state index is -3.22. The summed E-state index contributed by atoms with van der Waals surface area (Å²) in [5.41, 5.74) is 0. The molecule has 8 heteroatoms. The van der Waals surface area contributed by atoms with E-state index in [1.165, 1.54) is 9.18 Å². The van der Waals surface area contributed by atoms with E-state index >= 15 is 0 Å². The molecule has 1 saturated heterocycles. The zero-order valence-electron chi connectivity index (χ0n) is 12.3. The van der Waals surface area contributed by atoms with E-state index < -0.39 is 10.0 Å². The first-order chi connectivity index (χ1) is 9.90. The second-order valence-electron chi connectivity index (χ2n) is 5.30. The first kappa shape index (κ1) is 16.4. The average molecular weight is 331 g/mol. The molecule has 1 aliphatic rings. The molecule has 0 saturated carbocycles. The molecule has 1 N–H and O–H groups in total. The van der Waals surface area contributed by atoms with Crippen LogP contribution in [0.5, 0.6) is 0 Å². The Kier molecular flexibility index (Phi) is 5.37. The highest BCUT2D eigenvalue weighted by Gasteiger charge is 2.29. The highest BCUT2D eigenvalue weighted by molar-refractivity contribution is 7.89. The number of sulfonamides is 1. The Morgan fingerprint density at radius 2 is 2.29 bits per heavy atom. The monoisotopic (exact) mass is 331 g/mol. The quantitative estimate of drug-likeness (QED) is 0.824. The van der Waals surface area contributed by atoms with E-state index in [4.69, 9.17) is 0 Å². The Labute approximate surface area is 129 Å². The SMILES string of the molecule is CN(C)C(CNC(=O)CN1CCCS1(=O)=O)c1cccs1. The van der Waals surface area contributed by atoms with E-state index in [1.807, 2.05) is 36.5 Å². The fraction of sp³-hybridized carbons (Fsp3) is 0.615. The molecule has 0 spiro atoms. The van der Waals surface area contributed by atoms with Gasteiger partial charge in [0.25, 0.3) is 0 Å². The summed E-state index contributed by atoms with van der Waals surface area (Å²) < 4.78 is 24.6. The van der Waals surface area contributed by atoms with Gasteiger partial charge in [-0.05, 0) is 32.0 Å². The smallest absolute Gasteiger partial charge is 0.235 e. The summed E-state index contributed by atoms with van der Waals surface area (Å²) in [5.74, 6) is -0.0978. The minimum Gasteiger partial charge on any atom is -0.353 e. The largest absolute Gasteiger partial charge is 0.353 e. The molecular weight excluding hydrogens is 310 g/mol. The van der Waals surface area contributed by atoms with Gasteiger partial charge in [0.1, 0.15) is 0 Å². The molecule has 1 aromatic rings. The lowest BCUT2D eigenvalue weighted by Crippen LogP contribution is -2.41. The Hall–Kier alpha value is -0.960. The van der Waals surface area contributed by atoms with Gasteiger partial charge in [-0.2, -0.15) is 4.31 Å². The third-order valence-electron chi connectivity index (χ3n) is 3.51. The normalized spacial score (nSPS) is 19.8. The Balaban J connectivity index is 1.88. The van der Waals surface area contributed by atoms with Gasteiger partial charge in [-0.15, -0.1) is 11.3 Å². The van der Waals surface area contributed by atoms with Crippen molar-refractivity contribution in [1.82, 2.24) is 14.5 Å². The maximum Gasteiger partial charge on any atom is 0.235 e. The van der Waals surface area contributed by atoms with Crippen molar-refractivity contribution < 1.29 is 13.2 Å². The molecule has 0 bridgehead atoms. The van der Waals surface area contributed by atoms with Crippen molar-refractivity contribution in [3.63, 3.8) is 0 Å². The third kappa shape index (κ3) is 4.26. The summed E-state index contributed by atoms with van der Waals surface area (Å²) in [6.07, 6.45) is 0.602. The summed E-state index contributed by atoms with van der Waals surface area (Å²) in [6, 6.07) is 4.12. The number of amides is 1. The molecule has 1 unspecified atom stereocenters. The van der Waals surface area contributed by atoms with Gasteiger partial charge in [0.05, 0.1) is 18.3 Å². The lowest BCUT2D eigenvalue weighted by molar-refractivity contribution is -0.121. The number of hydrogen-bond donors (Lipinski definition) is 1. The van der Waals surface area contributed by atoms with Gasteiger partial charge in [-0.1, -0.05) is 6.07 Å². The highest BCUT2D eigenvalue weighted by Crippen LogP contribution is 2.22. The van der Waals surface area contributed by atoms with Crippen LogP contribution >= 0.6 is 11.3 Å². The van der Waals surface area contributed by atoms with E-state index in [1.54, 1.807) is 11.3 Å². The molecule has 1 atom stereocenters. The van der Waals surface area contributed by atoms with Crippen LogP contribution in [0.25, 0.3) is 0 Å². The molecule has 118 valence electrons. The molecule has 1 aromatic heterocycles. The number of carbonyl (C=O) groups is 1. The van der Waals surface area contributed by atoms with E-state index in [9.17, 15) is 13.2 Å². The van der Waals surface area contributed by atoms with Crippen LogP contribution in [0.3, 0.4) is 0 Å². The standard InChI is InChI=1S/C13H21N3O3S2/c1-15(2)11(12-5-3-7-20-12)9-14-13(17)10-16-6-4-8-21(16,18)19/h3,5,7,11H,4,6,8-10H2,1-2H3,(H,14,17). The molecule has 0 aromatic carbocycles. The van der Waals surface area contributed by atoms with E-state index in [2.05, 4.69) is 5.32 Å². The average Bonchev–Trinajstić information content (AvgIpc) is 3.00. The van der Waals surface area contributed by atoms with Crippen molar-refractivity contribution in [3.8, 4) is 0 Å². The molecule has 0 aliphatic carbocycles. The van der Waals surface area contributed by atoms with Gasteiger partial charge in [0.2, 0.25) is 15.9 Å². The summed E-state index contributed by atoms with van der Waals surface area (Å²) in [6.45, 7) is 0.838. The van der Waals surface area contributed by atoms with Crippen molar-refractivity contribution in [2.24, 2.45) is 0 Å². The zero-order valence-corrected chi connectivity index (χ0v) is 13.9. The molecule has 1 fully saturated rings. The third-order valence-corrected chi connectivity index (χ3v) is 6.39. The number of hydrogen-bond acceptors (Lipinski definition) is 5. The van der Waals surface area contributed by atoms with Crippen molar-refractivity contribution in [2.75, 3.05) is 39.5 Å². The number of likely N-dealkylation sites (N-methyl/N-ethyl adjacent to an activating group) is 1. The van der Waals surface area contributed by atoms with Crippen LogP contribution in [0, 0.1) is 0 Å². The van der Waals surface area contributed by atoms with Gasteiger partial charge < -0.3 is 10.2 Å². The topological polar surface area (TPSA) is 69.7 Å². The molecule has 2 rings (SSSR count). The Morgan fingerprint density at radius 1 is 1.52 bits per heavy atom. The van der Waals surface area contributed by atoms with E-state index in [0.29, 0.717) is 19.5 Å². The van der Waals surface area contributed by atoms with Crippen LogP contribution in [0.1, 0.15) is 17.3 Å². The second kappa shape index (κ2) is 6.87. The predicted molar refractivity (Wildman–Crippen MR) is 83.7 cm³/mol. The number of nitrogens with zero attached hydrogens (tertiary/aromatic N) is 2. The van der Waals surface area contributed by atoms with Crippen molar-refractivity contribution >= 4 is 27.3 Å². The molecule has 1 aliphatic heterocycles. The van der Waals surface area contributed by atoms with Gasteiger partial charge >= 0.3 is 0 Å². The molecular formula is C13H21N3O3S2. The van der Waals surface area contributed by atoms with E-state index in [0.717, 1.165) is 0 Å². The van der Waals surface area contributed by atoms with Crippen molar-refractivity contribution in [1.29, 1.82) is 0 Å². The molecule has 1 amide bonds. The van der Waals surface area contributed by atoms with Crippen LogP contribution in [0.2, 0.25) is 0 Å². The first-order valence-corrected chi connectivity index (χ1v) is 9.33. The summed E-state index contributed by atoms with van der Waals surface area (Å²) in [4.78, 5) is 15.2. The lowest BCUT2D eigenvalue weighted by atomic mass is 10.2.